The number of hydrogen-bond donors (Lipinski definition) is 0. The molecule has 5 heteroatoms. The van der Waals surface area contributed by atoms with Gasteiger partial charge in [0.1, 0.15) is 0 Å². The molecule has 0 N–H and O–H groups in total. The maximum atomic E-state index is 11.2. The van der Waals surface area contributed by atoms with Gasteiger partial charge >= 0.3 is 5.97 Å². The van der Waals surface area contributed by atoms with Crippen LogP contribution in [0.5, 0.6) is 17.2 Å². The Morgan fingerprint density at radius 3 is 2.83 bits per heavy atom. The summed E-state index contributed by atoms with van der Waals surface area (Å²) in [6.07, 6.45) is 0. The number of para-hydroxylation sites is 1. The second-order valence-electron chi connectivity index (χ2n) is 4.28. The minimum Gasteiger partial charge on any atom is -0.478 e. The molecule has 0 fully saturated rings. The van der Waals surface area contributed by atoms with Crippen LogP contribution < -0.4 is 14.2 Å². The highest BCUT2D eigenvalue weighted by molar-refractivity contribution is 5.71. The largest absolute Gasteiger partial charge is 0.478 e. The van der Waals surface area contributed by atoms with Crippen LogP contribution in [-0.4, -0.2) is 25.0 Å². The quantitative estimate of drug-likeness (QED) is 0.768. The van der Waals surface area contributed by atoms with Gasteiger partial charge in [0.15, 0.2) is 18.1 Å². The first-order valence-electron chi connectivity index (χ1n) is 5.81. The summed E-state index contributed by atoms with van der Waals surface area (Å²) in [5, 5.41) is 0. The molecular formula is C13H16O5. The number of rotatable bonds is 4. The van der Waals surface area contributed by atoms with E-state index in [1.165, 1.54) is 0 Å². The van der Waals surface area contributed by atoms with Gasteiger partial charge in [0.25, 0.3) is 0 Å². The molecule has 1 aromatic rings. The van der Waals surface area contributed by atoms with Crippen molar-refractivity contribution in [2.24, 2.45) is 0 Å². The van der Waals surface area contributed by atoms with E-state index < -0.39 is 11.8 Å². The number of benzene rings is 1. The lowest BCUT2D eigenvalue weighted by Gasteiger charge is -2.16. The molecule has 1 aromatic carbocycles. The van der Waals surface area contributed by atoms with Gasteiger partial charge in [0.2, 0.25) is 11.5 Å². The third-order valence-corrected chi connectivity index (χ3v) is 2.30. The van der Waals surface area contributed by atoms with E-state index in [1.54, 1.807) is 25.1 Å². The van der Waals surface area contributed by atoms with Gasteiger partial charge in [0.05, 0.1) is 6.61 Å². The van der Waals surface area contributed by atoms with Crippen LogP contribution in [0.1, 0.15) is 20.8 Å². The Labute approximate surface area is 106 Å². The minimum atomic E-state index is -0.717. The summed E-state index contributed by atoms with van der Waals surface area (Å²) in [5.74, 6) is 0.485. The fraction of sp³-hybridized carbons (Fsp3) is 0.462. The van der Waals surface area contributed by atoms with E-state index in [0.29, 0.717) is 23.9 Å². The van der Waals surface area contributed by atoms with E-state index in [-0.39, 0.29) is 6.61 Å². The summed E-state index contributed by atoms with van der Waals surface area (Å²) in [7, 11) is 0. The highest BCUT2D eigenvalue weighted by atomic mass is 16.7. The fourth-order valence-electron chi connectivity index (χ4n) is 1.66. The Kier molecular flexibility index (Phi) is 3.32. The van der Waals surface area contributed by atoms with Crippen molar-refractivity contribution in [3.8, 4) is 17.2 Å². The maximum Gasteiger partial charge on any atom is 0.344 e. The maximum absolute atomic E-state index is 11.2. The molecule has 0 atom stereocenters. The van der Waals surface area contributed by atoms with Crippen molar-refractivity contribution in [1.29, 1.82) is 0 Å². The van der Waals surface area contributed by atoms with Crippen molar-refractivity contribution in [2.75, 3.05) is 13.2 Å². The van der Waals surface area contributed by atoms with Gasteiger partial charge in [-0.15, -0.1) is 0 Å². The molecule has 0 amide bonds. The zero-order valence-corrected chi connectivity index (χ0v) is 10.7. The van der Waals surface area contributed by atoms with Gasteiger partial charge < -0.3 is 18.9 Å². The van der Waals surface area contributed by atoms with Crippen molar-refractivity contribution in [3.05, 3.63) is 18.2 Å². The first-order valence-corrected chi connectivity index (χ1v) is 5.81. The number of hydrogen-bond acceptors (Lipinski definition) is 5. The summed E-state index contributed by atoms with van der Waals surface area (Å²) in [5.41, 5.74) is 0. The fourth-order valence-corrected chi connectivity index (χ4v) is 1.66. The highest BCUT2D eigenvalue weighted by Gasteiger charge is 2.34. The summed E-state index contributed by atoms with van der Waals surface area (Å²) in [6.45, 7) is 5.55. The molecule has 18 heavy (non-hydrogen) atoms. The Bertz CT molecular complexity index is 453. The topological polar surface area (TPSA) is 54.0 Å². The van der Waals surface area contributed by atoms with Crippen molar-refractivity contribution in [2.45, 2.75) is 26.6 Å². The second-order valence-corrected chi connectivity index (χ2v) is 4.28. The molecule has 0 saturated heterocycles. The Morgan fingerprint density at radius 1 is 1.33 bits per heavy atom. The van der Waals surface area contributed by atoms with E-state index in [1.807, 2.05) is 13.8 Å². The first-order chi connectivity index (χ1) is 8.52. The number of ether oxygens (including phenoxy) is 4. The third-order valence-electron chi connectivity index (χ3n) is 2.30. The molecular weight excluding hydrogens is 236 g/mol. The van der Waals surface area contributed by atoms with E-state index in [2.05, 4.69) is 0 Å². The van der Waals surface area contributed by atoms with Crippen molar-refractivity contribution >= 4 is 5.97 Å². The predicted octanol–water partition coefficient (Wildman–Crippen LogP) is 2.14. The third kappa shape index (κ3) is 2.67. The first kappa shape index (κ1) is 12.5. The van der Waals surface area contributed by atoms with Crippen LogP contribution in [-0.2, 0) is 9.53 Å². The van der Waals surface area contributed by atoms with Gasteiger partial charge in [-0.3, -0.25) is 0 Å². The zero-order valence-electron chi connectivity index (χ0n) is 10.7. The SMILES string of the molecule is CCOC(=O)COc1cccc2c1OC(C)(C)O2. The van der Waals surface area contributed by atoms with Crippen LogP contribution in [0.3, 0.4) is 0 Å². The lowest BCUT2D eigenvalue weighted by Crippen LogP contribution is -2.29. The molecule has 1 heterocycles. The van der Waals surface area contributed by atoms with Crippen LogP contribution >= 0.6 is 0 Å². The summed E-state index contributed by atoms with van der Waals surface area (Å²) in [6, 6.07) is 5.30. The molecule has 0 radical (unpaired) electrons. The van der Waals surface area contributed by atoms with Crippen molar-refractivity contribution in [1.82, 2.24) is 0 Å². The molecule has 1 aliphatic rings. The number of esters is 1. The summed E-state index contributed by atoms with van der Waals surface area (Å²) in [4.78, 5) is 11.2. The monoisotopic (exact) mass is 252 g/mol. The van der Waals surface area contributed by atoms with Gasteiger partial charge in [-0.25, -0.2) is 4.79 Å². The van der Waals surface area contributed by atoms with Gasteiger partial charge in [-0.2, -0.15) is 0 Å². The van der Waals surface area contributed by atoms with Crippen LogP contribution in [0, 0.1) is 0 Å². The molecule has 98 valence electrons. The Hall–Kier alpha value is -1.91. The van der Waals surface area contributed by atoms with Crippen LogP contribution in [0.2, 0.25) is 0 Å². The summed E-state index contributed by atoms with van der Waals surface area (Å²) < 4.78 is 21.4. The zero-order chi connectivity index (χ0) is 13.2. The average molecular weight is 252 g/mol. The normalized spacial score (nSPS) is 15.3. The van der Waals surface area contributed by atoms with E-state index in [9.17, 15) is 4.79 Å². The molecule has 1 aliphatic heterocycles. The molecule has 5 nitrogen and oxygen atoms in total. The minimum absolute atomic E-state index is 0.145. The summed E-state index contributed by atoms with van der Waals surface area (Å²) >= 11 is 0. The number of carbonyl (C=O) groups excluding carboxylic acids is 1. The van der Waals surface area contributed by atoms with Crippen LogP contribution in [0.15, 0.2) is 18.2 Å². The van der Waals surface area contributed by atoms with E-state index >= 15 is 0 Å². The number of carbonyl (C=O) groups is 1. The smallest absolute Gasteiger partial charge is 0.344 e. The Morgan fingerprint density at radius 2 is 2.11 bits per heavy atom. The second kappa shape index (κ2) is 4.76. The molecule has 0 aliphatic carbocycles. The standard InChI is InChI=1S/C13H16O5/c1-4-15-11(14)8-16-9-6-5-7-10-12(9)18-13(2,3)17-10/h5-7H,4,8H2,1-3H3. The van der Waals surface area contributed by atoms with Crippen LogP contribution in [0.4, 0.5) is 0 Å². The molecule has 2 rings (SSSR count). The van der Waals surface area contributed by atoms with Crippen LogP contribution in [0.25, 0.3) is 0 Å². The lowest BCUT2D eigenvalue weighted by molar-refractivity contribution is -0.145. The van der Waals surface area contributed by atoms with Crippen molar-refractivity contribution in [3.63, 3.8) is 0 Å². The van der Waals surface area contributed by atoms with Gasteiger partial charge in [-0.1, -0.05) is 6.07 Å². The highest BCUT2D eigenvalue weighted by Crippen LogP contribution is 2.45. The Balaban J connectivity index is 2.08. The molecule has 0 unspecified atom stereocenters. The predicted molar refractivity (Wildman–Crippen MR) is 63.9 cm³/mol. The molecule has 0 spiro atoms. The van der Waals surface area contributed by atoms with Gasteiger partial charge in [-0.05, 0) is 19.1 Å². The van der Waals surface area contributed by atoms with E-state index in [4.69, 9.17) is 18.9 Å². The molecule has 0 aromatic heterocycles. The lowest BCUT2D eigenvalue weighted by atomic mass is 10.3. The van der Waals surface area contributed by atoms with E-state index in [0.717, 1.165) is 0 Å². The molecule has 0 saturated carbocycles. The van der Waals surface area contributed by atoms with Crippen molar-refractivity contribution < 1.29 is 23.7 Å². The van der Waals surface area contributed by atoms with Gasteiger partial charge in [0, 0.05) is 13.8 Å². The number of fused-ring (bicyclic) bond motifs is 1. The average Bonchev–Trinajstić information content (AvgIpc) is 2.61. The molecule has 0 bridgehead atoms.